The van der Waals surface area contributed by atoms with Gasteiger partial charge in [0.2, 0.25) is 10.0 Å². The highest BCUT2D eigenvalue weighted by molar-refractivity contribution is 7.89. The lowest BCUT2D eigenvalue weighted by Gasteiger charge is -2.36. The number of nitrogens with zero attached hydrogens (tertiary/aromatic N) is 2. The molecule has 1 aliphatic rings. The molecule has 0 spiro atoms. The number of ether oxygens (including phenoxy) is 1. The third-order valence-electron chi connectivity index (χ3n) is 5.41. The molecule has 0 unspecified atom stereocenters. The number of thiophene rings is 1. The molecule has 9 heteroatoms. The summed E-state index contributed by atoms with van der Waals surface area (Å²) in [6, 6.07) is 17.8. The number of hydrogen-bond donors (Lipinski definition) is 1. The second-order valence-electron chi connectivity index (χ2n) is 7.41. The normalized spacial score (nSPS) is 14.4. The van der Waals surface area contributed by atoms with E-state index >= 15 is 0 Å². The van der Waals surface area contributed by atoms with Gasteiger partial charge in [-0.05, 0) is 47.8 Å². The first-order valence-electron chi connectivity index (χ1n) is 10.3. The van der Waals surface area contributed by atoms with Gasteiger partial charge in [-0.15, -0.1) is 11.3 Å². The minimum absolute atomic E-state index is 0.0919. The summed E-state index contributed by atoms with van der Waals surface area (Å²) in [6.07, 6.45) is 0. The molecule has 1 aromatic heterocycles. The molecule has 2 heterocycles. The Morgan fingerprint density at radius 2 is 1.78 bits per heavy atom. The van der Waals surface area contributed by atoms with Gasteiger partial charge in [0, 0.05) is 54.9 Å². The van der Waals surface area contributed by atoms with Crippen LogP contribution in [0.25, 0.3) is 0 Å². The molecule has 4 rings (SSSR count). The quantitative estimate of drug-likeness (QED) is 0.573. The molecule has 1 saturated heterocycles. The van der Waals surface area contributed by atoms with Crippen LogP contribution in [0.15, 0.2) is 70.9 Å². The zero-order valence-corrected chi connectivity index (χ0v) is 19.4. The van der Waals surface area contributed by atoms with Crippen molar-refractivity contribution in [2.24, 2.45) is 0 Å². The molecule has 0 saturated carbocycles. The lowest BCUT2D eigenvalue weighted by Crippen LogP contribution is -2.48. The van der Waals surface area contributed by atoms with Crippen molar-refractivity contribution in [3.05, 3.63) is 76.5 Å². The summed E-state index contributed by atoms with van der Waals surface area (Å²) in [6.45, 7) is 2.88. The average molecular weight is 472 g/mol. The number of rotatable bonds is 7. The molecule has 7 nitrogen and oxygen atoms in total. The topological polar surface area (TPSA) is 79.0 Å². The number of anilines is 1. The monoisotopic (exact) mass is 471 g/mol. The SMILES string of the molecule is COc1cccc(N2CCN(C(=O)c3ccc(S(=O)(=O)NCc4cccs4)cc3)CC2)c1. The van der Waals surface area contributed by atoms with E-state index in [2.05, 4.69) is 9.62 Å². The minimum Gasteiger partial charge on any atom is -0.497 e. The predicted molar refractivity (Wildman–Crippen MR) is 126 cm³/mol. The van der Waals surface area contributed by atoms with E-state index in [-0.39, 0.29) is 17.3 Å². The van der Waals surface area contributed by atoms with Crippen LogP contribution in [0.2, 0.25) is 0 Å². The van der Waals surface area contributed by atoms with E-state index in [9.17, 15) is 13.2 Å². The van der Waals surface area contributed by atoms with Crippen LogP contribution in [0.5, 0.6) is 5.75 Å². The van der Waals surface area contributed by atoms with Crippen LogP contribution in [-0.2, 0) is 16.6 Å². The number of methoxy groups -OCH3 is 1. The fraction of sp³-hybridized carbons (Fsp3) is 0.261. The van der Waals surface area contributed by atoms with E-state index < -0.39 is 10.0 Å². The van der Waals surface area contributed by atoms with Crippen LogP contribution in [0.1, 0.15) is 15.2 Å². The van der Waals surface area contributed by atoms with E-state index in [1.54, 1.807) is 24.1 Å². The molecule has 0 aliphatic carbocycles. The minimum atomic E-state index is -3.63. The van der Waals surface area contributed by atoms with Crippen molar-refractivity contribution in [3.63, 3.8) is 0 Å². The van der Waals surface area contributed by atoms with Crippen molar-refractivity contribution < 1.29 is 17.9 Å². The second-order valence-corrected chi connectivity index (χ2v) is 10.2. The summed E-state index contributed by atoms with van der Waals surface area (Å²) in [5, 5.41) is 1.90. The molecular formula is C23H25N3O4S2. The van der Waals surface area contributed by atoms with Crippen molar-refractivity contribution in [1.29, 1.82) is 0 Å². The van der Waals surface area contributed by atoms with Crippen LogP contribution in [0.4, 0.5) is 5.69 Å². The van der Waals surface area contributed by atoms with Crippen LogP contribution >= 0.6 is 11.3 Å². The molecule has 168 valence electrons. The third-order valence-corrected chi connectivity index (χ3v) is 7.71. The fourth-order valence-corrected chi connectivity index (χ4v) is 5.34. The van der Waals surface area contributed by atoms with Gasteiger partial charge in [-0.2, -0.15) is 0 Å². The van der Waals surface area contributed by atoms with Gasteiger partial charge in [-0.3, -0.25) is 4.79 Å². The molecule has 2 aromatic carbocycles. The Bertz CT molecular complexity index is 1150. The Hall–Kier alpha value is -2.88. The third kappa shape index (κ3) is 5.12. The van der Waals surface area contributed by atoms with E-state index in [0.717, 1.165) is 29.4 Å². The summed E-state index contributed by atoms with van der Waals surface area (Å²) < 4.78 is 32.9. The number of carbonyl (C=O) groups is 1. The first kappa shape index (κ1) is 22.3. The van der Waals surface area contributed by atoms with Gasteiger partial charge in [0.15, 0.2) is 0 Å². The van der Waals surface area contributed by atoms with Crippen LogP contribution in [0.3, 0.4) is 0 Å². The lowest BCUT2D eigenvalue weighted by molar-refractivity contribution is 0.0746. The van der Waals surface area contributed by atoms with Crippen LogP contribution in [-0.4, -0.2) is 52.5 Å². The van der Waals surface area contributed by atoms with E-state index in [1.807, 2.05) is 41.8 Å². The highest BCUT2D eigenvalue weighted by Gasteiger charge is 2.23. The second kappa shape index (κ2) is 9.72. The largest absolute Gasteiger partial charge is 0.497 e. The zero-order chi connectivity index (χ0) is 22.6. The van der Waals surface area contributed by atoms with Crippen molar-refractivity contribution in [3.8, 4) is 5.75 Å². The number of carbonyl (C=O) groups excluding carboxylic acids is 1. The molecule has 1 fully saturated rings. The van der Waals surface area contributed by atoms with Crippen molar-refractivity contribution in [2.45, 2.75) is 11.4 Å². The van der Waals surface area contributed by atoms with Crippen molar-refractivity contribution in [1.82, 2.24) is 9.62 Å². The highest BCUT2D eigenvalue weighted by atomic mass is 32.2. The van der Waals surface area contributed by atoms with Gasteiger partial charge in [-0.25, -0.2) is 13.1 Å². The molecule has 0 bridgehead atoms. The Balaban J connectivity index is 1.35. The van der Waals surface area contributed by atoms with Gasteiger partial charge < -0.3 is 14.5 Å². The number of piperazine rings is 1. The van der Waals surface area contributed by atoms with E-state index in [4.69, 9.17) is 4.74 Å². The van der Waals surface area contributed by atoms with Crippen LogP contribution < -0.4 is 14.4 Å². The first-order chi connectivity index (χ1) is 15.5. The Morgan fingerprint density at radius 1 is 1.03 bits per heavy atom. The van der Waals surface area contributed by atoms with Gasteiger partial charge in [0.25, 0.3) is 5.91 Å². The van der Waals surface area contributed by atoms with Gasteiger partial charge in [0.05, 0.1) is 12.0 Å². The maximum absolute atomic E-state index is 12.9. The molecule has 1 amide bonds. The van der Waals surface area contributed by atoms with Crippen LogP contribution in [0, 0.1) is 0 Å². The summed E-state index contributed by atoms with van der Waals surface area (Å²) >= 11 is 1.49. The Labute approximate surface area is 192 Å². The number of nitrogens with one attached hydrogen (secondary N) is 1. The lowest BCUT2D eigenvalue weighted by atomic mass is 10.1. The smallest absolute Gasteiger partial charge is 0.253 e. The van der Waals surface area contributed by atoms with Gasteiger partial charge in [-0.1, -0.05) is 12.1 Å². The number of benzene rings is 2. The molecule has 3 aromatic rings. The van der Waals surface area contributed by atoms with Crippen molar-refractivity contribution in [2.75, 3.05) is 38.2 Å². The number of amides is 1. The molecule has 32 heavy (non-hydrogen) atoms. The fourth-order valence-electron chi connectivity index (χ4n) is 3.60. The van der Waals surface area contributed by atoms with Gasteiger partial charge in [0.1, 0.15) is 5.75 Å². The average Bonchev–Trinajstić information content (AvgIpc) is 3.36. The maximum Gasteiger partial charge on any atom is 0.253 e. The summed E-state index contributed by atoms with van der Waals surface area (Å²) in [5.41, 5.74) is 1.55. The molecular weight excluding hydrogens is 446 g/mol. The van der Waals surface area contributed by atoms with E-state index in [1.165, 1.54) is 23.5 Å². The molecule has 1 aliphatic heterocycles. The number of hydrogen-bond acceptors (Lipinski definition) is 6. The van der Waals surface area contributed by atoms with Gasteiger partial charge >= 0.3 is 0 Å². The summed E-state index contributed by atoms with van der Waals surface area (Å²) in [7, 11) is -1.99. The Morgan fingerprint density at radius 3 is 2.44 bits per heavy atom. The predicted octanol–water partition coefficient (Wildman–Crippen LogP) is 3.20. The van der Waals surface area contributed by atoms with Crippen molar-refractivity contribution >= 4 is 33.0 Å². The molecule has 1 N–H and O–H groups in total. The van der Waals surface area contributed by atoms with E-state index in [0.29, 0.717) is 18.7 Å². The Kier molecular flexibility index (Phi) is 6.78. The number of sulfonamides is 1. The maximum atomic E-state index is 12.9. The molecule has 0 radical (unpaired) electrons. The zero-order valence-electron chi connectivity index (χ0n) is 17.7. The summed E-state index contributed by atoms with van der Waals surface area (Å²) in [5.74, 6) is 0.715. The standard InChI is InChI=1S/C23H25N3O4S2/c1-30-20-5-2-4-19(16-20)25-11-13-26(14-12-25)23(27)18-7-9-22(10-8-18)32(28,29)24-17-21-6-3-15-31-21/h2-10,15-16,24H,11-14,17H2,1H3. The molecule has 0 atom stereocenters. The first-order valence-corrected chi connectivity index (χ1v) is 12.6. The summed E-state index contributed by atoms with van der Waals surface area (Å²) in [4.78, 5) is 18.0. The highest BCUT2D eigenvalue weighted by Crippen LogP contribution is 2.23.